The molecule has 0 aliphatic carbocycles. The van der Waals surface area contributed by atoms with Gasteiger partial charge in [-0.3, -0.25) is 0 Å². The van der Waals surface area contributed by atoms with E-state index in [-0.39, 0.29) is 10.4 Å². The molecule has 0 saturated heterocycles. The molecule has 0 aromatic heterocycles. The summed E-state index contributed by atoms with van der Waals surface area (Å²) in [5.74, 6) is -1.25. The lowest BCUT2D eigenvalue weighted by atomic mass is 10.0. The second-order valence-corrected chi connectivity index (χ2v) is 3.69. The van der Waals surface area contributed by atoms with E-state index in [9.17, 15) is 8.78 Å². The van der Waals surface area contributed by atoms with E-state index in [0.29, 0.717) is 12.1 Å². The van der Waals surface area contributed by atoms with Crippen molar-refractivity contribution in [1.82, 2.24) is 0 Å². The lowest BCUT2D eigenvalue weighted by molar-refractivity contribution is 0.550. The Kier molecular flexibility index (Phi) is 3.39. The van der Waals surface area contributed by atoms with Gasteiger partial charge in [0.05, 0.1) is 4.47 Å². The molecule has 72 valence electrons. The van der Waals surface area contributed by atoms with Crippen molar-refractivity contribution >= 4 is 15.9 Å². The molecular formula is C9H10BrF2N. The van der Waals surface area contributed by atoms with Gasteiger partial charge in [-0.1, -0.05) is 13.0 Å². The fraction of sp³-hybridized carbons (Fsp3) is 0.333. The van der Waals surface area contributed by atoms with Crippen LogP contribution < -0.4 is 5.73 Å². The molecule has 1 rings (SSSR count). The van der Waals surface area contributed by atoms with Crippen LogP contribution in [0.25, 0.3) is 0 Å². The van der Waals surface area contributed by atoms with Crippen molar-refractivity contribution in [2.24, 2.45) is 5.73 Å². The molecule has 0 aliphatic heterocycles. The van der Waals surface area contributed by atoms with Crippen LogP contribution in [0.2, 0.25) is 0 Å². The molecular weight excluding hydrogens is 240 g/mol. The number of halogens is 3. The van der Waals surface area contributed by atoms with Crippen LogP contribution in [-0.4, -0.2) is 6.54 Å². The van der Waals surface area contributed by atoms with Gasteiger partial charge in [0.15, 0.2) is 0 Å². The Bertz CT molecular complexity index is 315. The van der Waals surface area contributed by atoms with Crippen molar-refractivity contribution in [1.29, 1.82) is 0 Å². The van der Waals surface area contributed by atoms with Gasteiger partial charge in [0.2, 0.25) is 0 Å². The van der Waals surface area contributed by atoms with E-state index >= 15 is 0 Å². The SMILES string of the molecule is CC(CN)c1ccc(F)c(Br)c1F. The zero-order valence-electron chi connectivity index (χ0n) is 7.15. The molecule has 2 N–H and O–H groups in total. The minimum atomic E-state index is -0.592. The van der Waals surface area contributed by atoms with Crippen LogP contribution in [0.1, 0.15) is 18.4 Å². The van der Waals surface area contributed by atoms with Gasteiger partial charge >= 0.3 is 0 Å². The highest BCUT2D eigenvalue weighted by molar-refractivity contribution is 9.10. The third kappa shape index (κ3) is 2.06. The predicted molar refractivity (Wildman–Crippen MR) is 51.5 cm³/mol. The van der Waals surface area contributed by atoms with E-state index < -0.39 is 11.6 Å². The third-order valence-electron chi connectivity index (χ3n) is 1.95. The number of nitrogens with two attached hydrogens (primary N) is 1. The van der Waals surface area contributed by atoms with E-state index in [1.54, 1.807) is 6.92 Å². The maximum atomic E-state index is 13.4. The lowest BCUT2D eigenvalue weighted by Gasteiger charge is -2.11. The molecule has 0 radical (unpaired) electrons. The predicted octanol–water partition coefficient (Wildman–Crippen LogP) is 2.79. The highest BCUT2D eigenvalue weighted by Gasteiger charge is 2.14. The number of hydrogen-bond acceptors (Lipinski definition) is 1. The third-order valence-corrected chi connectivity index (χ3v) is 2.68. The summed E-state index contributed by atoms with van der Waals surface area (Å²) in [5, 5.41) is 0. The average molecular weight is 250 g/mol. The Balaban J connectivity index is 3.18. The van der Waals surface area contributed by atoms with Crippen molar-refractivity contribution in [2.75, 3.05) is 6.54 Å². The van der Waals surface area contributed by atoms with E-state index in [4.69, 9.17) is 5.73 Å². The molecule has 0 fully saturated rings. The van der Waals surface area contributed by atoms with Gasteiger partial charge in [-0.05, 0) is 40.0 Å². The molecule has 1 unspecified atom stereocenters. The standard InChI is InChI=1S/C9H10BrF2N/c1-5(4-13)6-2-3-7(11)8(10)9(6)12/h2-3,5H,4,13H2,1H3. The molecule has 0 heterocycles. The first kappa shape index (κ1) is 10.6. The zero-order chi connectivity index (χ0) is 10.0. The molecule has 0 amide bonds. The highest BCUT2D eigenvalue weighted by atomic mass is 79.9. The Morgan fingerprint density at radius 3 is 2.62 bits per heavy atom. The largest absolute Gasteiger partial charge is 0.330 e. The Morgan fingerprint density at radius 1 is 1.46 bits per heavy atom. The van der Waals surface area contributed by atoms with E-state index in [1.165, 1.54) is 12.1 Å². The van der Waals surface area contributed by atoms with Crippen LogP contribution in [0.5, 0.6) is 0 Å². The summed E-state index contributed by atoms with van der Waals surface area (Å²) in [7, 11) is 0. The van der Waals surface area contributed by atoms with Crippen molar-refractivity contribution in [3.63, 3.8) is 0 Å². The fourth-order valence-corrected chi connectivity index (χ4v) is 1.41. The quantitative estimate of drug-likeness (QED) is 0.802. The molecule has 1 atom stereocenters. The monoisotopic (exact) mass is 249 g/mol. The molecule has 1 aromatic rings. The van der Waals surface area contributed by atoms with Crippen LogP contribution in [0.3, 0.4) is 0 Å². The van der Waals surface area contributed by atoms with Crippen molar-refractivity contribution in [3.8, 4) is 0 Å². The number of benzene rings is 1. The summed E-state index contributed by atoms with van der Waals surface area (Å²) in [6, 6.07) is 2.65. The fourth-order valence-electron chi connectivity index (χ4n) is 1.05. The van der Waals surface area contributed by atoms with Crippen molar-refractivity contribution in [3.05, 3.63) is 33.8 Å². The first-order valence-corrected chi connectivity index (χ1v) is 4.70. The molecule has 0 aliphatic rings. The smallest absolute Gasteiger partial charge is 0.143 e. The van der Waals surface area contributed by atoms with Crippen molar-refractivity contribution in [2.45, 2.75) is 12.8 Å². The zero-order valence-corrected chi connectivity index (χ0v) is 8.74. The number of rotatable bonds is 2. The maximum absolute atomic E-state index is 13.4. The Morgan fingerprint density at radius 2 is 2.08 bits per heavy atom. The molecule has 13 heavy (non-hydrogen) atoms. The Hall–Kier alpha value is -0.480. The molecule has 0 spiro atoms. The highest BCUT2D eigenvalue weighted by Crippen LogP contribution is 2.26. The maximum Gasteiger partial charge on any atom is 0.143 e. The van der Waals surface area contributed by atoms with Crippen molar-refractivity contribution < 1.29 is 8.78 Å². The van der Waals surface area contributed by atoms with Crippen LogP contribution >= 0.6 is 15.9 Å². The summed E-state index contributed by atoms with van der Waals surface area (Å²) >= 11 is 2.84. The lowest BCUT2D eigenvalue weighted by Crippen LogP contribution is -2.11. The van der Waals surface area contributed by atoms with Gasteiger partial charge in [0.25, 0.3) is 0 Å². The van der Waals surface area contributed by atoms with Gasteiger partial charge in [-0.15, -0.1) is 0 Å². The van der Waals surface area contributed by atoms with Gasteiger partial charge in [0.1, 0.15) is 11.6 Å². The van der Waals surface area contributed by atoms with Gasteiger partial charge in [0, 0.05) is 0 Å². The molecule has 1 nitrogen and oxygen atoms in total. The van der Waals surface area contributed by atoms with Gasteiger partial charge < -0.3 is 5.73 Å². The van der Waals surface area contributed by atoms with E-state index in [1.807, 2.05) is 0 Å². The molecule has 4 heteroatoms. The molecule has 1 aromatic carbocycles. The van der Waals surface area contributed by atoms with E-state index in [0.717, 1.165) is 0 Å². The summed E-state index contributed by atoms with van der Waals surface area (Å²) in [6.07, 6.45) is 0. The summed E-state index contributed by atoms with van der Waals surface area (Å²) in [5.41, 5.74) is 5.83. The molecule has 0 bridgehead atoms. The summed E-state index contributed by atoms with van der Waals surface area (Å²) < 4.78 is 26.0. The summed E-state index contributed by atoms with van der Waals surface area (Å²) in [6.45, 7) is 2.14. The second kappa shape index (κ2) is 4.15. The minimum absolute atomic E-state index is 0.100. The van der Waals surface area contributed by atoms with Gasteiger partial charge in [-0.25, -0.2) is 8.78 Å². The second-order valence-electron chi connectivity index (χ2n) is 2.90. The van der Waals surface area contributed by atoms with Crippen LogP contribution in [0.15, 0.2) is 16.6 Å². The topological polar surface area (TPSA) is 26.0 Å². The van der Waals surface area contributed by atoms with Crippen LogP contribution in [0.4, 0.5) is 8.78 Å². The number of hydrogen-bond donors (Lipinski definition) is 1. The summed E-state index contributed by atoms with van der Waals surface area (Å²) in [4.78, 5) is 0. The van der Waals surface area contributed by atoms with E-state index in [2.05, 4.69) is 15.9 Å². The first-order chi connectivity index (χ1) is 6.07. The normalized spacial score (nSPS) is 13.0. The van der Waals surface area contributed by atoms with Crippen LogP contribution in [0, 0.1) is 11.6 Å². The minimum Gasteiger partial charge on any atom is -0.330 e. The van der Waals surface area contributed by atoms with Crippen LogP contribution in [-0.2, 0) is 0 Å². The van der Waals surface area contributed by atoms with Gasteiger partial charge in [-0.2, -0.15) is 0 Å². The first-order valence-electron chi connectivity index (χ1n) is 3.91. The average Bonchev–Trinajstić information content (AvgIpc) is 2.13. The Labute approximate surface area is 84.1 Å². The molecule has 0 saturated carbocycles.